The van der Waals surface area contributed by atoms with Crippen molar-refractivity contribution in [3.8, 4) is 16.5 Å². The van der Waals surface area contributed by atoms with E-state index in [9.17, 15) is 14.9 Å². The van der Waals surface area contributed by atoms with Crippen molar-refractivity contribution >= 4 is 40.4 Å². The Bertz CT molecular complexity index is 1310. The van der Waals surface area contributed by atoms with E-state index in [4.69, 9.17) is 4.74 Å². The molecular formula is C23H21N5O4S2. The lowest BCUT2D eigenvalue weighted by atomic mass is 10.1. The van der Waals surface area contributed by atoms with Crippen LogP contribution in [-0.4, -0.2) is 38.5 Å². The van der Waals surface area contributed by atoms with Crippen molar-refractivity contribution in [2.75, 3.05) is 18.2 Å². The zero-order valence-electron chi connectivity index (χ0n) is 18.4. The van der Waals surface area contributed by atoms with Gasteiger partial charge in [-0.25, -0.2) is 0 Å². The minimum atomic E-state index is -0.516. The summed E-state index contributed by atoms with van der Waals surface area (Å²) in [6, 6.07) is 16.8. The number of amides is 1. The fourth-order valence-electron chi connectivity index (χ4n) is 3.32. The highest BCUT2D eigenvalue weighted by Gasteiger charge is 2.20. The monoisotopic (exact) mass is 495 g/mol. The molecule has 0 aliphatic heterocycles. The van der Waals surface area contributed by atoms with Crippen LogP contribution in [0.2, 0.25) is 0 Å². The Morgan fingerprint density at radius 1 is 1.21 bits per heavy atom. The molecule has 0 saturated heterocycles. The van der Waals surface area contributed by atoms with E-state index in [0.29, 0.717) is 23.0 Å². The maximum atomic E-state index is 12.7. The summed E-state index contributed by atoms with van der Waals surface area (Å²) in [5, 5.41) is 25.3. The maximum absolute atomic E-state index is 12.7. The standard InChI is InChI=1S/C23H21N5O4S2/c1-15-11-18(28(30)31)19(32-2)12-17(15)24-21(29)14-34-23-26-25-22(20-9-6-10-33-20)27(23)13-16-7-4-3-5-8-16/h3-12H,13-14H2,1-2H3,(H,24,29). The van der Waals surface area contributed by atoms with Gasteiger partial charge in [0.2, 0.25) is 5.91 Å². The van der Waals surface area contributed by atoms with Crippen LogP contribution in [0.4, 0.5) is 11.4 Å². The first-order chi connectivity index (χ1) is 16.5. The first-order valence-electron chi connectivity index (χ1n) is 10.2. The van der Waals surface area contributed by atoms with Gasteiger partial charge in [0.25, 0.3) is 0 Å². The van der Waals surface area contributed by atoms with Crippen LogP contribution in [0.15, 0.2) is 65.1 Å². The second kappa shape index (κ2) is 10.5. The molecule has 2 aromatic heterocycles. The molecule has 2 heterocycles. The Labute approximate surface area is 203 Å². The van der Waals surface area contributed by atoms with Gasteiger partial charge in [0.05, 0.1) is 29.2 Å². The molecule has 1 amide bonds. The summed E-state index contributed by atoms with van der Waals surface area (Å²) in [5.41, 5.74) is 1.97. The average molecular weight is 496 g/mol. The number of thioether (sulfide) groups is 1. The third-order valence-electron chi connectivity index (χ3n) is 4.97. The van der Waals surface area contributed by atoms with Gasteiger partial charge in [-0.15, -0.1) is 21.5 Å². The number of methoxy groups -OCH3 is 1. The zero-order chi connectivity index (χ0) is 24.1. The fourth-order valence-corrected chi connectivity index (χ4v) is 4.78. The SMILES string of the molecule is COc1cc(NC(=O)CSc2nnc(-c3cccs3)n2Cc2ccccc2)c(C)cc1[N+](=O)[O-]. The van der Waals surface area contributed by atoms with E-state index in [1.807, 2.05) is 52.4 Å². The third-order valence-corrected chi connectivity index (χ3v) is 6.80. The Balaban J connectivity index is 1.51. The number of nitro groups is 1. The summed E-state index contributed by atoms with van der Waals surface area (Å²) in [5.74, 6) is 0.659. The molecule has 9 nitrogen and oxygen atoms in total. The van der Waals surface area contributed by atoms with Gasteiger partial charge in [0, 0.05) is 17.8 Å². The first-order valence-corrected chi connectivity index (χ1v) is 12.1. The van der Waals surface area contributed by atoms with Gasteiger partial charge in [-0.3, -0.25) is 19.5 Å². The van der Waals surface area contributed by atoms with E-state index in [2.05, 4.69) is 15.5 Å². The topological polar surface area (TPSA) is 112 Å². The van der Waals surface area contributed by atoms with Crippen LogP contribution in [0.5, 0.6) is 5.75 Å². The number of hydrogen-bond donors (Lipinski definition) is 1. The van der Waals surface area contributed by atoms with Gasteiger partial charge in [-0.2, -0.15) is 0 Å². The maximum Gasteiger partial charge on any atom is 0.311 e. The minimum Gasteiger partial charge on any atom is -0.490 e. The molecule has 0 aliphatic rings. The quantitative estimate of drug-likeness (QED) is 0.197. The highest BCUT2D eigenvalue weighted by Crippen LogP contribution is 2.33. The van der Waals surface area contributed by atoms with Crippen LogP contribution in [0.3, 0.4) is 0 Å². The summed E-state index contributed by atoms with van der Waals surface area (Å²) in [4.78, 5) is 24.4. The molecule has 174 valence electrons. The number of hydrogen-bond acceptors (Lipinski definition) is 8. The number of carbonyl (C=O) groups excluding carboxylic acids is 1. The Kier molecular flexibility index (Phi) is 7.24. The highest BCUT2D eigenvalue weighted by molar-refractivity contribution is 7.99. The number of carbonyl (C=O) groups is 1. The number of nitro benzene ring substituents is 1. The van der Waals surface area contributed by atoms with Crippen molar-refractivity contribution in [2.45, 2.75) is 18.6 Å². The predicted molar refractivity (Wildman–Crippen MR) is 133 cm³/mol. The summed E-state index contributed by atoms with van der Waals surface area (Å²) in [6.07, 6.45) is 0. The second-order valence-electron chi connectivity index (χ2n) is 7.29. The first kappa shape index (κ1) is 23.5. The van der Waals surface area contributed by atoms with E-state index < -0.39 is 4.92 Å². The van der Waals surface area contributed by atoms with E-state index in [-0.39, 0.29) is 23.1 Å². The summed E-state index contributed by atoms with van der Waals surface area (Å²) in [7, 11) is 1.35. The van der Waals surface area contributed by atoms with Crippen molar-refractivity contribution in [1.82, 2.24) is 14.8 Å². The summed E-state index contributed by atoms with van der Waals surface area (Å²) in [6.45, 7) is 2.27. The number of ether oxygens (including phenoxy) is 1. The van der Waals surface area contributed by atoms with Crippen LogP contribution in [0.1, 0.15) is 11.1 Å². The predicted octanol–water partition coefficient (Wildman–Crippen LogP) is 5.01. The minimum absolute atomic E-state index is 0.0850. The smallest absolute Gasteiger partial charge is 0.311 e. The molecule has 0 radical (unpaired) electrons. The van der Waals surface area contributed by atoms with Gasteiger partial charge >= 0.3 is 5.69 Å². The molecule has 1 N–H and O–H groups in total. The average Bonchev–Trinajstić information content (AvgIpc) is 3.49. The van der Waals surface area contributed by atoms with Crippen LogP contribution in [-0.2, 0) is 11.3 Å². The Morgan fingerprint density at radius 3 is 2.68 bits per heavy atom. The van der Waals surface area contributed by atoms with Crippen molar-refractivity contribution in [2.24, 2.45) is 0 Å². The lowest BCUT2D eigenvalue weighted by Crippen LogP contribution is -2.16. The highest BCUT2D eigenvalue weighted by atomic mass is 32.2. The summed E-state index contributed by atoms with van der Waals surface area (Å²) < 4.78 is 7.10. The van der Waals surface area contributed by atoms with Crippen LogP contribution in [0, 0.1) is 17.0 Å². The van der Waals surface area contributed by atoms with E-state index in [1.54, 1.807) is 18.3 Å². The lowest BCUT2D eigenvalue weighted by Gasteiger charge is -2.12. The molecule has 0 bridgehead atoms. The number of benzene rings is 2. The van der Waals surface area contributed by atoms with Crippen molar-refractivity contribution in [3.63, 3.8) is 0 Å². The Hall–Kier alpha value is -3.70. The molecule has 0 fully saturated rings. The van der Waals surface area contributed by atoms with Gasteiger partial charge < -0.3 is 10.1 Å². The van der Waals surface area contributed by atoms with Crippen LogP contribution < -0.4 is 10.1 Å². The number of aryl methyl sites for hydroxylation is 1. The normalized spacial score (nSPS) is 10.8. The third kappa shape index (κ3) is 5.26. The molecule has 4 rings (SSSR count). The number of nitrogens with zero attached hydrogens (tertiary/aromatic N) is 4. The number of anilines is 1. The number of rotatable bonds is 9. The van der Waals surface area contributed by atoms with Crippen molar-refractivity contribution in [3.05, 3.63) is 81.2 Å². The van der Waals surface area contributed by atoms with Crippen LogP contribution in [0.25, 0.3) is 10.7 Å². The molecular weight excluding hydrogens is 474 g/mol. The lowest BCUT2D eigenvalue weighted by molar-refractivity contribution is -0.385. The van der Waals surface area contributed by atoms with Gasteiger partial charge in [0.15, 0.2) is 16.7 Å². The molecule has 0 unspecified atom stereocenters. The van der Waals surface area contributed by atoms with Crippen LogP contribution >= 0.6 is 23.1 Å². The largest absolute Gasteiger partial charge is 0.490 e. The molecule has 2 aromatic carbocycles. The van der Waals surface area contributed by atoms with E-state index in [0.717, 1.165) is 16.3 Å². The molecule has 34 heavy (non-hydrogen) atoms. The van der Waals surface area contributed by atoms with Crippen molar-refractivity contribution in [1.29, 1.82) is 0 Å². The molecule has 0 aliphatic carbocycles. The molecule has 0 saturated carbocycles. The summed E-state index contributed by atoms with van der Waals surface area (Å²) >= 11 is 2.85. The fraction of sp³-hybridized carbons (Fsp3) is 0.174. The number of thiophene rings is 1. The molecule has 11 heteroatoms. The van der Waals surface area contributed by atoms with Gasteiger partial charge in [-0.05, 0) is 29.5 Å². The van der Waals surface area contributed by atoms with E-state index >= 15 is 0 Å². The van der Waals surface area contributed by atoms with Crippen molar-refractivity contribution < 1.29 is 14.5 Å². The Morgan fingerprint density at radius 2 is 2.00 bits per heavy atom. The van der Waals surface area contributed by atoms with Gasteiger partial charge in [-0.1, -0.05) is 48.2 Å². The number of nitrogens with one attached hydrogen (secondary N) is 1. The zero-order valence-corrected chi connectivity index (χ0v) is 20.1. The van der Waals surface area contributed by atoms with E-state index in [1.165, 1.54) is 31.0 Å². The molecule has 0 spiro atoms. The van der Waals surface area contributed by atoms with Gasteiger partial charge in [0.1, 0.15) is 0 Å². The molecule has 0 atom stereocenters. The molecule has 4 aromatic rings. The second-order valence-corrected chi connectivity index (χ2v) is 9.18. The number of aromatic nitrogens is 3.